The molecule has 3 rings (SSSR count). The third-order valence-corrected chi connectivity index (χ3v) is 4.07. The van der Waals surface area contributed by atoms with E-state index in [0.717, 1.165) is 24.4 Å². The number of anilines is 1. The number of fused-ring (bicyclic) bond motifs is 1. The summed E-state index contributed by atoms with van der Waals surface area (Å²) in [5.74, 6) is 1.01. The minimum Gasteiger partial charge on any atom is -0.485 e. The van der Waals surface area contributed by atoms with Crippen molar-refractivity contribution in [2.24, 2.45) is 0 Å². The highest BCUT2D eigenvalue weighted by molar-refractivity contribution is 7.10. The monoisotopic (exact) mass is 237 g/mol. The first-order valence-corrected chi connectivity index (χ1v) is 6.73. The Morgan fingerprint density at radius 1 is 1.47 bits per heavy atom. The molecule has 3 heterocycles. The van der Waals surface area contributed by atoms with E-state index < -0.39 is 0 Å². The Bertz CT molecular complexity index is 435. The standard InChI is InChI=1S/C11H11NOS2/c1-2-9(15-3-1)4-8-5-12-10-6-14-7-11(10)13-8/h1-3,6-8,12H,4-5H2. The maximum absolute atomic E-state index is 5.90. The molecule has 1 unspecified atom stereocenters. The Balaban J connectivity index is 1.71. The van der Waals surface area contributed by atoms with Crippen molar-refractivity contribution in [2.75, 3.05) is 11.9 Å². The SMILES string of the molecule is c1csc(CC2CNc3cscc3O2)c1. The van der Waals surface area contributed by atoms with Gasteiger partial charge in [-0.15, -0.1) is 22.7 Å². The number of ether oxygens (including phenoxy) is 1. The lowest BCUT2D eigenvalue weighted by Crippen LogP contribution is -2.31. The Morgan fingerprint density at radius 2 is 2.47 bits per heavy atom. The van der Waals surface area contributed by atoms with E-state index >= 15 is 0 Å². The van der Waals surface area contributed by atoms with Gasteiger partial charge in [0.05, 0.1) is 12.2 Å². The average Bonchev–Trinajstić information content (AvgIpc) is 2.87. The summed E-state index contributed by atoms with van der Waals surface area (Å²) >= 11 is 3.48. The zero-order valence-corrected chi connectivity index (χ0v) is 9.74. The topological polar surface area (TPSA) is 21.3 Å². The fourth-order valence-electron chi connectivity index (χ4n) is 1.72. The van der Waals surface area contributed by atoms with Crippen LogP contribution in [-0.2, 0) is 6.42 Å². The molecule has 0 radical (unpaired) electrons. The zero-order chi connectivity index (χ0) is 10.1. The quantitative estimate of drug-likeness (QED) is 0.866. The van der Waals surface area contributed by atoms with Crippen molar-refractivity contribution in [2.45, 2.75) is 12.5 Å². The van der Waals surface area contributed by atoms with Crippen LogP contribution < -0.4 is 10.1 Å². The van der Waals surface area contributed by atoms with Crippen LogP contribution >= 0.6 is 22.7 Å². The molecule has 2 aromatic heterocycles. The third-order valence-electron chi connectivity index (χ3n) is 2.45. The van der Waals surface area contributed by atoms with Crippen molar-refractivity contribution in [1.82, 2.24) is 0 Å². The van der Waals surface area contributed by atoms with Gasteiger partial charge < -0.3 is 10.1 Å². The van der Waals surface area contributed by atoms with Crippen molar-refractivity contribution in [1.29, 1.82) is 0 Å². The second kappa shape index (κ2) is 3.87. The molecule has 1 aliphatic rings. The summed E-state index contributed by atoms with van der Waals surface area (Å²) in [6.45, 7) is 0.904. The summed E-state index contributed by atoms with van der Waals surface area (Å²) < 4.78 is 5.90. The van der Waals surface area contributed by atoms with Gasteiger partial charge in [-0.25, -0.2) is 0 Å². The molecule has 2 nitrogen and oxygen atoms in total. The van der Waals surface area contributed by atoms with E-state index in [1.54, 1.807) is 22.7 Å². The molecule has 4 heteroatoms. The van der Waals surface area contributed by atoms with E-state index in [4.69, 9.17) is 4.74 Å². The highest BCUT2D eigenvalue weighted by Crippen LogP contribution is 2.33. The molecule has 0 saturated heterocycles. The minimum atomic E-state index is 0.269. The molecule has 0 amide bonds. The van der Waals surface area contributed by atoms with Gasteiger partial charge in [0, 0.05) is 22.1 Å². The Morgan fingerprint density at radius 3 is 3.33 bits per heavy atom. The average molecular weight is 237 g/mol. The molecule has 1 atom stereocenters. The fraction of sp³-hybridized carbons (Fsp3) is 0.273. The van der Waals surface area contributed by atoms with Crippen LogP contribution in [0.25, 0.3) is 0 Å². The van der Waals surface area contributed by atoms with Crippen LogP contribution in [-0.4, -0.2) is 12.6 Å². The molecular formula is C11H11NOS2. The van der Waals surface area contributed by atoms with E-state index in [-0.39, 0.29) is 6.10 Å². The van der Waals surface area contributed by atoms with Crippen LogP contribution in [0.15, 0.2) is 28.3 Å². The molecule has 78 valence electrons. The summed E-state index contributed by atoms with van der Waals surface area (Å²) in [4.78, 5) is 1.39. The largest absolute Gasteiger partial charge is 0.485 e. The van der Waals surface area contributed by atoms with E-state index in [2.05, 4.69) is 33.6 Å². The lowest BCUT2D eigenvalue weighted by atomic mass is 10.2. The van der Waals surface area contributed by atoms with Gasteiger partial charge in [0.15, 0.2) is 5.75 Å². The summed E-state index contributed by atoms with van der Waals surface area (Å²) in [6.07, 6.45) is 1.27. The van der Waals surface area contributed by atoms with E-state index in [9.17, 15) is 0 Å². The Kier molecular flexibility index (Phi) is 2.38. The maximum Gasteiger partial charge on any atom is 0.153 e. The lowest BCUT2D eigenvalue weighted by molar-refractivity contribution is 0.208. The zero-order valence-electron chi connectivity index (χ0n) is 8.10. The van der Waals surface area contributed by atoms with Crippen molar-refractivity contribution in [3.05, 3.63) is 33.2 Å². The van der Waals surface area contributed by atoms with Gasteiger partial charge >= 0.3 is 0 Å². The van der Waals surface area contributed by atoms with E-state index in [1.807, 2.05) is 0 Å². The van der Waals surface area contributed by atoms with Crippen LogP contribution in [0.1, 0.15) is 4.88 Å². The molecule has 1 aliphatic heterocycles. The summed E-state index contributed by atoms with van der Waals surface area (Å²) in [6, 6.07) is 4.25. The fourth-order valence-corrected chi connectivity index (χ4v) is 3.20. The Hall–Kier alpha value is -1.00. The molecule has 0 fully saturated rings. The molecule has 1 N–H and O–H groups in total. The highest BCUT2D eigenvalue weighted by Gasteiger charge is 2.20. The van der Waals surface area contributed by atoms with Crippen LogP contribution in [0.4, 0.5) is 5.69 Å². The summed E-state index contributed by atoms with van der Waals surface area (Å²) in [5.41, 5.74) is 1.14. The highest BCUT2D eigenvalue weighted by atomic mass is 32.1. The van der Waals surface area contributed by atoms with Gasteiger partial charge in [-0.05, 0) is 11.4 Å². The van der Waals surface area contributed by atoms with Gasteiger partial charge in [-0.2, -0.15) is 0 Å². The lowest BCUT2D eigenvalue weighted by Gasteiger charge is -2.24. The third kappa shape index (κ3) is 1.87. The predicted octanol–water partition coefficient (Wildman–Crippen LogP) is 3.23. The molecule has 15 heavy (non-hydrogen) atoms. The van der Waals surface area contributed by atoms with Gasteiger partial charge in [0.1, 0.15) is 6.10 Å². The predicted molar refractivity (Wildman–Crippen MR) is 65.2 cm³/mol. The van der Waals surface area contributed by atoms with E-state index in [0.29, 0.717) is 0 Å². The molecule has 0 aliphatic carbocycles. The van der Waals surface area contributed by atoms with Gasteiger partial charge in [0.25, 0.3) is 0 Å². The number of hydrogen-bond donors (Lipinski definition) is 1. The number of rotatable bonds is 2. The summed E-state index contributed by atoms with van der Waals surface area (Å²) in [5, 5.41) is 9.66. The first kappa shape index (κ1) is 9.24. The van der Waals surface area contributed by atoms with Crippen LogP contribution in [0.5, 0.6) is 5.75 Å². The molecular weight excluding hydrogens is 226 g/mol. The van der Waals surface area contributed by atoms with Crippen LogP contribution in [0.3, 0.4) is 0 Å². The molecule has 0 bridgehead atoms. The van der Waals surface area contributed by atoms with Crippen molar-refractivity contribution < 1.29 is 4.74 Å². The van der Waals surface area contributed by atoms with Gasteiger partial charge in [-0.3, -0.25) is 0 Å². The van der Waals surface area contributed by atoms with Gasteiger partial charge in [0.2, 0.25) is 0 Å². The number of hydrogen-bond acceptors (Lipinski definition) is 4. The van der Waals surface area contributed by atoms with Gasteiger partial charge in [-0.1, -0.05) is 6.07 Å². The Labute approximate surface area is 96.5 Å². The van der Waals surface area contributed by atoms with Crippen molar-refractivity contribution in [3.63, 3.8) is 0 Å². The van der Waals surface area contributed by atoms with Crippen molar-refractivity contribution in [3.8, 4) is 5.75 Å². The van der Waals surface area contributed by atoms with Crippen LogP contribution in [0, 0.1) is 0 Å². The second-order valence-corrected chi connectivity index (χ2v) is 5.33. The first-order chi connectivity index (χ1) is 7.42. The normalized spacial score (nSPS) is 19.1. The molecule has 0 aromatic carbocycles. The molecule has 0 saturated carbocycles. The smallest absolute Gasteiger partial charge is 0.153 e. The summed E-state index contributed by atoms with van der Waals surface area (Å²) in [7, 11) is 0. The van der Waals surface area contributed by atoms with E-state index in [1.165, 1.54) is 4.88 Å². The number of thiophene rings is 2. The second-order valence-electron chi connectivity index (χ2n) is 3.55. The van der Waals surface area contributed by atoms with Crippen LogP contribution in [0.2, 0.25) is 0 Å². The molecule has 0 spiro atoms. The maximum atomic E-state index is 5.90. The first-order valence-electron chi connectivity index (χ1n) is 4.91. The molecule has 2 aromatic rings. The van der Waals surface area contributed by atoms with Crippen molar-refractivity contribution >= 4 is 28.4 Å². The minimum absolute atomic E-state index is 0.269. The number of nitrogens with one attached hydrogen (secondary N) is 1.